The van der Waals surface area contributed by atoms with Gasteiger partial charge in [-0.1, -0.05) is 30.3 Å². The molecule has 7 nitrogen and oxygen atoms in total. The Morgan fingerprint density at radius 2 is 1.97 bits per heavy atom. The molecule has 0 saturated heterocycles. The average molecular weight is 429 g/mol. The van der Waals surface area contributed by atoms with E-state index in [0.29, 0.717) is 12.5 Å². The standard InChI is InChI=1S/C18H25N3O2.C2HF3O2/c1-22-13-17-10-20(12-18-9-19-15-21(18)11-17)7-8-23-14-16-5-3-2-4-6-16;3-2(4,5)1(6)7/h2-6,9,15,17H,7-8,10-14H2,1H3;(H,6,7). The second kappa shape index (κ2) is 11.7. The molecule has 2 aromatic rings. The lowest BCUT2D eigenvalue weighted by atomic mass is 10.1. The number of fused-ring (bicyclic) bond motifs is 1. The number of methoxy groups -OCH3 is 1. The van der Waals surface area contributed by atoms with Gasteiger partial charge in [0.05, 0.1) is 31.8 Å². The van der Waals surface area contributed by atoms with Crippen LogP contribution in [0.25, 0.3) is 0 Å². The summed E-state index contributed by atoms with van der Waals surface area (Å²) < 4.78 is 45.2. The number of ether oxygens (including phenoxy) is 2. The van der Waals surface area contributed by atoms with Gasteiger partial charge in [-0.05, 0) is 5.56 Å². The molecular weight excluding hydrogens is 403 g/mol. The van der Waals surface area contributed by atoms with Crippen molar-refractivity contribution in [2.45, 2.75) is 25.9 Å². The van der Waals surface area contributed by atoms with E-state index in [4.69, 9.17) is 19.4 Å². The van der Waals surface area contributed by atoms with E-state index in [9.17, 15) is 13.2 Å². The third kappa shape index (κ3) is 8.13. The van der Waals surface area contributed by atoms with Gasteiger partial charge in [0.15, 0.2) is 0 Å². The first kappa shape index (κ1) is 23.8. The number of carboxylic acids is 1. The van der Waals surface area contributed by atoms with Crippen molar-refractivity contribution < 1.29 is 32.5 Å². The largest absolute Gasteiger partial charge is 0.490 e. The zero-order valence-electron chi connectivity index (χ0n) is 16.7. The lowest BCUT2D eigenvalue weighted by Gasteiger charge is -2.23. The predicted molar refractivity (Wildman–Crippen MR) is 103 cm³/mol. The van der Waals surface area contributed by atoms with Crippen LogP contribution in [-0.2, 0) is 34.0 Å². The normalized spacial score (nSPS) is 16.9. The summed E-state index contributed by atoms with van der Waals surface area (Å²) in [5.41, 5.74) is 2.49. The molecule has 0 radical (unpaired) electrons. The average Bonchev–Trinajstić information content (AvgIpc) is 3.05. The summed E-state index contributed by atoms with van der Waals surface area (Å²) in [6.45, 7) is 6.05. The lowest BCUT2D eigenvalue weighted by molar-refractivity contribution is -0.192. The highest BCUT2D eigenvalue weighted by Gasteiger charge is 2.38. The molecule has 1 aromatic heterocycles. The van der Waals surface area contributed by atoms with E-state index in [2.05, 4.69) is 26.6 Å². The van der Waals surface area contributed by atoms with Crippen LogP contribution in [0.4, 0.5) is 13.2 Å². The Morgan fingerprint density at radius 1 is 1.27 bits per heavy atom. The predicted octanol–water partition coefficient (Wildman–Crippen LogP) is 2.81. The molecule has 0 fully saturated rings. The summed E-state index contributed by atoms with van der Waals surface area (Å²) in [6.07, 6.45) is -1.19. The van der Waals surface area contributed by atoms with Gasteiger partial charge >= 0.3 is 12.1 Å². The number of alkyl halides is 3. The van der Waals surface area contributed by atoms with Gasteiger partial charge < -0.3 is 19.1 Å². The molecule has 0 amide bonds. The number of benzene rings is 1. The first-order valence-corrected chi connectivity index (χ1v) is 9.41. The number of rotatable bonds is 7. The number of carboxylic acid groups (broad SMARTS) is 1. The third-order valence-corrected chi connectivity index (χ3v) is 4.46. The van der Waals surface area contributed by atoms with Gasteiger partial charge in [-0.25, -0.2) is 9.78 Å². The number of nitrogens with zero attached hydrogens (tertiary/aromatic N) is 3. The van der Waals surface area contributed by atoms with Crippen LogP contribution in [0.2, 0.25) is 0 Å². The van der Waals surface area contributed by atoms with E-state index < -0.39 is 12.1 Å². The van der Waals surface area contributed by atoms with Crippen LogP contribution < -0.4 is 0 Å². The first-order chi connectivity index (χ1) is 14.3. The molecule has 0 aliphatic carbocycles. The number of carbonyl (C=O) groups is 1. The third-order valence-electron chi connectivity index (χ3n) is 4.46. The molecule has 166 valence electrons. The van der Waals surface area contributed by atoms with Crippen molar-refractivity contribution >= 4 is 5.97 Å². The highest BCUT2D eigenvalue weighted by molar-refractivity contribution is 5.73. The molecule has 1 atom stereocenters. The van der Waals surface area contributed by atoms with Crippen LogP contribution in [0.5, 0.6) is 0 Å². The Bertz CT molecular complexity index is 768. The fourth-order valence-electron chi connectivity index (χ4n) is 3.11. The Labute approximate surface area is 173 Å². The first-order valence-electron chi connectivity index (χ1n) is 9.41. The number of aliphatic carboxylic acids is 1. The second-order valence-corrected chi connectivity index (χ2v) is 6.93. The van der Waals surface area contributed by atoms with E-state index in [-0.39, 0.29) is 0 Å². The van der Waals surface area contributed by atoms with Crippen molar-refractivity contribution in [3.05, 3.63) is 54.1 Å². The van der Waals surface area contributed by atoms with Crippen LogP contribution in [0.15, 0.2) is 42.9 Å². The van der Waals surface area contributed by atoms with Crippen LogP contribution in [0, 0.1) is 5.92 Å². The fraction of sp³-hybridized carbons (Fsp3) is 0.500. The van der Waals surface area contributed by atoms with Crippen molar-refractivity contribution in [3.8, 4) is 0 Å². The molecule has 30 heavy (non-hydrogen) atoms. The highest BCUT2D eigenvalue weighted by atomic mass is 19.4. The Balaban J connectivity index is 0.000000396. The molecule has 2 heterocycles. The van der Waals surface area contributed by atoms with Gasteiger partial charge in [-0.2, -0.15) is 13.2 Å². The summed E-state index contributed by atoms with van der Waals surface area (Å²) in [4.78, 5) is 15.6. The lowest BCUT2D eigenvalue weighted by Crippen LogP contribution is -2.32. The van der Waals surface area contributed by atoms with Gasteiger partial charge in [0, 0.05) is 45.4 Å². The Morgan fingerprint density at radius 3 is 2.60 bits per heavy atom. The van der Waals surface area contributed by atoms with E-state index in [0.717, 1.165) is 39.4 Å². The molecular formula is C20H26F3N3O4. The molecule has 1 aliphatic heterocycles. The topological polar surface area (TPSA) is 76.8 Å². The molecule has 1 aromatic carbocycles. The van der Waals surface area contributed by atoms with E-state index in [1.165, 1.54) is 11.3 Å². The number of hydrogen-bond acceptors (Lipinski definition) is 5. The van der Waals surface area contributed by atoms with Crippen LogP contribution in [0.3, 0.4) is 0 Å². The van der Waals surface area contributed by atoms with Crippen molar-refractivity contribution in [1.29, 1.82) is 0 Å². The van der Waals surface area contributed by atoms with Crippen molar-refractivity contribution in [2.24, 2.45) is 5.92 Å². The van der Waals surface area contributed by atoms with Gasteiger partial charge in [0.2, 0.25) is 0 Å². The Hall–Kier alpha value is -2.43. The van der Waals surface area contributed by atoms with Gasteiger partial charge in [-0.3, -0.25) is 4.90 Å². The molecule has 1 N–H and O–H groups in total. The minimum atomic E-state index is -5.08. The summed E-state index contributed by atoms with van der Waals surface area (Å²) in [5, 5.41) is 7.12. The molecule has 0 bridgehead atoms. The second-order valence-electron chi connectivity index (χ2n) is 6.93. The van der Waals surface area contributed by atoms with Crippen LogP contribution in [0.1, 0.15) is 11.3 Å². The van der Waals surface area contributed by atoms with Gasteiger partial charge in [0.1, 0.15) is 0 Å². The van der Waals surface area contributed by atoms with E-state index in [1.807, 2.05) is 30.7 Å². The molecule has 0 saturated carbocycles. The number of imidazole rings is 1. The van der Waals surface area contributed by atoms with Crippen molar-refractivity contribution in [1.82, 2.24) is 14.5 Å². The zero-order chi connectivity index (χ0) is 22.0. The van der Waals surface area contributed by atoms with Crippen LogP contribution in [-0.4, -0.2) is 65.1 Å². The zero-order valence-corrected chi connectivity index (χ0v) is 16.7. The van der Waals surface area contributed by atoms with Gasteiger partial charge in [0.25, 0.3) is 0 Å². The quantitative estimate of drug-likeness (QED) is 0.683. The van der Waals surface area contributed by atoms with E-state index in [1.54, 1.807) is 7.11 Å². The number of halogens is 3. The molecule has 1 aliphatic rings. The minimum Gasteiger partial charge on any atom is -0.475 e. The molecule has 10 heteroatoms. The van der Waals surface area contributed by atoms with Crippen LogP contribution >= 0.6 is 0 Å². The minimum absolute atomic E-state index is 0.490. The number of aromatic nitrogens is 2. The SMILES string of the molecule is COCC1CN(CCOCc2ccccc2)Cc2cncn2C1.O=C(O)C(F)(F)F. The van der Waals surface area contributed by atoms with Crippen molar-refractivity contribution in [3.63, 3.8) is 0 Å². The monoisotopic (exact) mass is 429 g/mol. The molecule has 0 spiro atoms. The molecule has 3 rings (SSSR count). The fourth-order valence-corrected chi connectivity index (χ4v) is 3.11. The summed E-state index contributed by atoms with van der Waals surface area (Å²) in [7, 11) is 1.77. The summed E-state index contributed by atoms with van der Waals surface area (Å²) in [6, 6.07) is 10.3. The summed E-state index contributed by atoms with van der Waals surface area (Å²) >= 11 is 0. The maximum atomic E-state index is 10.6. The maximum Gasteiger partial charge on any atom is 0.490 e. The van der Waals surface area contributed by atoms with Gasteiger partial charge in [-0.15, -0.1) is 0 Å². The van der Waals surface area contributed by atoms with Crippen molar-refractivity contribution in [2.75, 3.05) is 33.4 Å². The maximum absolute atomic E-state index is 10.6. The summed E-state index contributed by atoms with van der Waals surface area (Å²) in [5.74, 6) is -2.27. The number of hydrogen-bond donors (Lipinski definition) is 1. The molecule has 1 unspecified atom stereocenters. The van der Waals surface area contributed by atoms with E-state index >= 15 is 0 Å². The highest BCUT2D eigenvalue weighted by Crippen LogP contribution is 2.16. The Kier molecular flexibility index (Phi) is 9.28. The smallest absolute Gasteiger partial charge is 0.475 e.